The maximum Gasteiger partial charge on any atom is 0.416 e. The SMILES string of the molecule is CCCCS(=O)(=O)N(NC(=O)c1cc(C(F)(F)F)ccc1N=CNN)[C@@H](Cc1ccccc1)C(=O)O. The van der Waals surface area contributed by atoms with Crippen molar-refractivity contribution >= 4 is 33.9 Å². The molecule has 0 fully saturated rings. The molecule has 2 rings (SSSR count). The molecule has 0 spiro atoms. The summed E-state index contributed by atoms with van der Waals surface area (Å²) in [4.78, 5) is 29.0. The first-order valence-electron chi connectivity index (χ1n) is 10.7. The van der Waals surface area contributed by atoms with Gasteiger partial charge in [-0.15, -0.1) is 0 Å². The maximum atomic E-state index is 13.3. The Morgan fingerprint density at radius 3 is 2.42 bits per heavy atom. The molecule has 0 aromatic heterocycles. The second-order valence-corrected chi connectivity index (χ2v) is 9.57. The zero-order chi connectivity index (χ0) is 26.9. The Hall–Kier alpha value is -3.49. The van der Waals surface area contributed by atoms with Crippen LogP contribution in [-0.2, 0) is 27.4 Å². The number of halogens is 3. The molecule has 0 bridgehead atoms. The number of nitrogens with zero attached hydrogens (tertiary/aromatic N) is 2. The van der Waals surface area contributed by atoms with E-state index in [0.717, 1.165) is 12.4 Å². The fourth-order valence-corrected chi connectivity index (χ4v) is 4.77. The summed E-state index contributed by atoms with van der Waals surface area (Å²) in [5, 5.41) is 9.85. The summed E-state index contributed by atoms with van der Waals surface area (Å²) in [6, 6.07) is 8.39. The number of nitrogens with two attached hydrogens (primary N) is 1. The van der Waals surface area contributed by atoms with Crippen molar-refractivity contribution in [2.24, 2.45) is 10.8 Å². The number of aliphatic imine (C=N–C) groups is 1. The second kappa shape index (κ2) is 12.5. The number of benzene rings is 2. The van der Waals surface area contributed by atoms with Gasteiger partial charge in [0.15, 0.2) is 0 Å². The van der Waals surface area contributed by atoms with Gasteiger partial charge in [-0.3, -0.25) is 15.0 Å². The summed E-state index contributed by atoms with van der Waals surface area (Å²) in [6.45, 7) is 1.72. The molecule has 2 aromatic rings. The van der Waals surface area contributed by atoms with E-state index in [9.17, 15) is 36.3 Å². The van der Waals surface area contributed by atoms with Crippen molar-refractivity contribution in [3.8, 4) is 0 Å². The Labute approximate surface area is 206 Å². The van der Waals surface area contributed by atoms with Crippen LogP contribution in [0.5, 0.6) is 0 Å². The van der Waals surface area contributed by atoms with Crippen LogP contribution >= 0.6 is 0 Å². The summed E-state index contributed by atoms with van der Waals surface area (Å²) in [7, 11) is -4.39. The number of alkyl halides is 3. The first-order chi connectivity index (χ1) is 16.9. The molecule has 10 nitrogen and oxygen atoms in total. The Bertz CT molecular complexity index is 1190. The van der Waals surface area contributed by atoms with Crippen molar-refractivity contribution < 1.29 is 36.3 Å². The van der Waals surface area contributed by atoms with E-state index in [4.69, 9.17) is 5.84 Å². The smallest absolute Gasteiger partial charge is 0.416 e. The normalized spacial score (nSPS) is 13.1. The number of hydrogen-bond donors (Lipinski definition) is 4. The van der Waals surface area contributed by atoms with Crippen LogP contribution in [0.4, 0.5) is 18.9 Å². The van der Waals surface area contributed by atoms with Gasteiger partial charge in [0.05, 0.1) is 22.6 Å². The number of carbonyl (C=O) groups excluding carboxylic acids is 1. The van der Waals surface area contributed by atoms with E-state index >= 15 is 0 Å². The van der Waals surface area contributed by atoms with E-state index in [2.05, 4.69) is 4.99 Å². The highest BCUT2D eigenvalue weighted by atomic mass is 32.2. The predicted octanol–water partition coefficient (Wildman–Crippen LogP) is 2.60. The van der Waals surface area contributed by atoms with Crippen LogP contribution in [0.2, 0.25) is 0 Å². The van der Waals surface area contributed by atoms with E-state index in [1.807, 2.05) is 10.9 Å². The van der Waals surface area contributed by atoms with Crippen molar-refractivity contribution in [2.75, 3.05) is 5.75 Å². The summed E-state index contributed by atoms with van der Waals surface area (Å²) in [5.41, 5.74) is 2.43. The molecule has 0 aliphatic rings. The van der Waals surface area contributed by atoms with Gasteiger partial charge >= 0.3 is 12.1 Å². The van der Waals surface area contributed by atoms with Crippen molar-refractivity contribution in [1.29, 1.82) is 0 Å². The van der Waals surface area contributed by atoms with Crippen LogP contribution in [0.3, 0.4) is 0 Å². The maximum absolute atomic E-state index is 13.3. The van der Waals surface area contributed by atoms with Crippen LogP contribution in [-0.4, -0.2) is 47.9 Å². The number of rotatable bonds is 12. The fraction of sp³-hybridized carbons (Fsp3) is 0.318. The Morgan fingerprint density at radius 1 is 1.19 bits per heavy atom. The number of hydrogen-bond acceptors (Lipinski definition) is 6. The highest BCUT2D eigenvalue weighted by molar-refractivity contribution is 7.89. The highest BCUT2D eigenvalue weighted by Crippen LogP contribution is 2.32. The monoisotopic (exact) mass is 529 g/mol. The lowest BCUT2D eigenvalue weighted by atomic mass is 10.1. The van der Waals surface area contributed by atoms with E-state index in [1.165, 1.54) is 0 Å². The van der Waals surface area contributed by atoms with Gasteiger partial charge in [-0.1, -0.05) is 48.1 Å². The zero-order valence-electron chi connectivity index (χ0n) is 19.2. The molecule has 0 aliphatic heterocycles. The minimum atomic E-state index is -4.81. The minimum absolute atomic E-state index is 0.160. The van der Waals surface area contributed by atoms with E-state index in [-0.39, 0.29) is 18.5 Å². The van der Waals surface area contributed by atoms with E-state index in [1.54, 1.807) is 37.3 Å². The molecule has 196 valence electrons. The largest absolute Gasteiger partial charge is 0.480 e. The van der Waals surface area contributed by atoms with Crippen molar-refractivity contribution in [2.45, 2.75) is 38.4 Å². The Kier molecular flexibility index (Phi) is 9.95. The van der Waals surface area contributed by atoms with Gasteiger partial charge < -0.3 is 10.5 Å². The third-order valence-corrected chi connectivity index (χ3v) is 6.70. The third kappa shape index (κ3) is 7.76. The van der Waals surface area contributed by atoms with Gasteiger partial charge in [-0.25, -0.2) is 19.3 Å². The number of carboxylic acid groups (broad SMARTS) is 1. The lowest BCUT2D eigenvalue weighted by molar-refractivity contribution is -0.142. The van der Waals surface area contributed by atoms with E-state index < -0.39 is 51.0 Å². The van der Waals surface area contributed by atoms with Gasteiger partial charge in [0.1, 0.15) is 12.4 Å². The Morgan fingerprint density at radius 2 is 1.86 bits per heavy atom. The fourth-order valence-electron chi connectivity index (χ4n) is 3.15. The number of sulfonamides is 1. The molecule has 1 amide bonds. The number of amides is 1. The van der Waals surface area contributed by atoms with Gasteiger partial charge in [-0.05, 0) is 30.2 Å². The molecule has 0 aliphatic carbocycles. The van der Waals surface area contributed by atoms with Crippen molar-refractivity contribution in [3.63, 3.8) is 0 Å². The molecule has 0 heterocycles. The number of carboxylic acids is 1. The first kappa shape index (κ1) is 28.7. The number of hydrazine groups is 2. The topological polar surface area (TPSA) is 154 Å². The Balaban J connectivity index is 2.56. The summed E-state index contributed by atoms with van der Waals surface area (Å²) < 4.78 is 66.4. The summed E-state index contributed by atoms with van der Waals surface area (Å²) in [6.07, 6.45) is -3.60. The molecular weight excluding hydrogens is 503 g/mol. The molecule has 0 radical (unpaired) electrons. The van der Waals surface area contributed by atoms with Crippen LogP contribution in [0.25, 0.3) is 0 Å². The molecule has 36 heavy (non-hydrogen) atoms. The summed E-state index contributed by atoms with van der Waals surface area (Å²) >= 11 is 0. The van der Waals surface area contributed by atoms with Crippen LogP contribution in [0.15, 0.2) is 53.5 Å². The van der Waals surface area contributed by atoms with E-state index in [0.29, 0.717) is 28.5 Å². The summed E-state index contributed by atoms with van der Waals surface area (Å²) in [5.74, 6) is 1.74. The van der Waals surface area contributed by atoms with Gasteiger partial charge in [0.25, 0.3) is 5.91 Å². The molecule has 0 saturated heterocycles. The standard InChI is InChI=1S/C22H26F3N5O5S/c1-2-3-11-36(34,35)30(19(21(32)33)12-15-7-5-4-6-8-15)29-20(31)17-13-16(22(23,24)25)9-10-18(17)27-14-28-26/h4-10,13-14,19H,2-3,11-12,26H2,1H3,(H,27,28)(H,29,31)(H,32,33)/t19-/m0/s1. The lowest BCUT2D eigenvalue weighted by Crippen LogP contribution is -2.56. The van der Waals surface area contributed by atoms with Crippen LogP contribution in [0, 0.1) is 0 Å². The zero-order valence-corrected chi connectivity index (χ0v) is 20.0. The van der Waals surface area contributed by atoms with Gasteiger partial charge in [0.2, 0.25) is 10.0 Å². The third-order valence-electron chi connectivity index (χ3n) is 4.95. The number of unbranched alkanes of at least 4 members (excludes halogenated alkanes) is 1. The van der Waals surface area contributed by atoms with Gasteiger partial charge in [-0.2, -0.15) is 13.2 Å². The lowest BCUT2D eigenvalue weighted by Gasteiger charge is -2.28. The molecule has 0 unspecified atom stereocenters. The van der Waals surface area contributed by atoms with Crippen LogP contribution in [0.1, 0.15) is 41.3 Å². The number of aliphatic carboxylic acids is 1. The van der Waals surface area contributed by atoms with Crippen molar-refractivity contribution in [3.05, 3.63) is 65.2 Å². The average Bonchev–Trinajstić information content (AvgIpc) is 2.83. The molecular formula is C22H26F3N5O5S. The van der Waals surface area contributed by atoms with Crippen LogP contribution < -0.4 is 16.7 Å². The quantitative estimate of drug-likeness (QED) is 0.143. The molecule has 5 N–H and O–H groups in total. The second-order valence-electron chi connectivity index (χ2n) is 7.60. The minimum Gasteiger partial charge on any atom is -0.480 e. The molecule has 0 saturated carbocycles. The highest BCUT2D eigenvalue weighted by Gasteiger charge is 2.37. The molecule has 1 atom stereocenters. The van der Waals surface area contributed by atoms with Gasteiger partial charge in [0, 0.05) is 6.42 Å². The molecule has 14 heteroatoms. The average molecular weight is 530 g/mol. The molecule has 2 aromatic carbocycles. The number of nitrogens with one attached hydrogen (secondary N) is 2. The number of carbonyl (C=O) groups is 2. The van der Waals surface area contributed by atoms with Crippen molar-refractivity contribution in [1.82, 2.24) is 15.3 Å². The first-order valence-corrected chi connectivity index (χ1v) is 12.3. The predicted molar refractivity (Wildman–Crippen MR) is 126 cm³/mol.